The quantitative estimate of drug-likeness (QED) is 0.301. The zero-order valence-electron chi connectivity index (χ0n) is 24.7. The summed E-state index contributed by atoms with van der Waals surface area (Å²) in [7, 11) is 0. The second-order valence-electron chi connectivity index (χ2n) is 11.2. The van der Waals surface area contributed by atoms with Crippen LogP contribution in [0, 0.1) is 0 Å². The van der Waals surface area contributed by atoms with Crippen LogP contribution in [0.25, 0.3) is 0 Å². The minimum absolute atomic E-state index is 0.104. The molecule has 1 N–H and O–H groups in total. The molecule has 0 spiro atoms. The highest BCUT2D eigenvalue weighted by atomic mass is 35.5. The lowest BCUT2D eigenvalue weighted by Crippen LogP contribution is -2.44. The Bertz CT molecular complexity index is 1500. The first kappa shape index (κ1) is 30.5. The Balaban J connectivity index is 1.26. The van der Waals surface area contributed by atoms with Crippen LogP contribution in [0.3, 0.4) is 0 Å². The first-order chi connectivity index (χ1) is 20.8. The molecule has 2 heterocycles. The van der Waals surface area contributed by atoms with E-state index in [-0.39, 0.29) is 37.4 Å². The minimum atomic E-state index is -0.447. The van der Waals surface area contributed by atoms with E-state index in [0.29, 0.717) is 21.9 Å². The number of ether oxygens (including phenoxy) is 1. The van der Waals surface area contributed by atoms with Gasteiger partial charge < -0.3 is 15.0 Å². The summed E-state index contributed by atoms with van der Waals surface area (Å²) in [5.41, 5.74) is 4.47. The zero-order valence-corrected chi connectivity index (χ0v) is 25.5. The van der Waals surface area contributed by atoms with Gasteiger partial charge in [-0.1, -0.05) is 66.2 Å². The molecule has 1 atom stereocenters. The average molecular weight is 600 g/mol. The predicted molar refractivity (Wildman–Crippen MR) is 167 cm³/mol. The molecule has 8 heteroatoms. The fraction of sp³-hybridized carbons (Fsp3) is 0.343. The lowest BCUT2D eigenvalue weighted by molar-refractivity contribution is -0.140. The number of halogens is 1. The van der Waals surface area contributed by atoms with E-state index in [1.165, 1.54) is 5.56 Å². The van der Waals surface area contributed by atoms with Crippen LogP contribution in [0.1, 0.15) is 66.1 Å². The molecule has 0 aliphatic carbocycles. The molecule has 43 heavy (non-hydrogen) atoms. The summed E-state index contributed by atoms with van der Waals surface area (Å²) in [6.07, 6.45) is 1.92. The molecule has 2 amide bonds. The largest absolute Gasteiger partial charge is 0.463 e. The summed E-state index contributed by atoms with van der Waals surface area (Å²) in [5, 5.41) is 3.75. The van der Waals surface area contributed by atoms with Crippen LogP contribution in [-0.2, 0) is 27.4 Å². The Morgan fingerprint density at radius 2 is 1.65 bits per heavy atom. The van der Waals surface area contributed by atoms with E-state index in [0.717, 1.165) is 43.6 Å². The molecule has 0 saturated carbocycles. The van der Waals surface area contributed by atoms with Crippen LogP contribution < -0.4 is 5.32 Å². The van der Waals surface area contributed by atoms with E-state index in [9.17, 15) is 14.4 Å². The maximum absolute atomic E-state index is 13.5. The molecule has 0 radical (unpaired) electrons. The topological polar surface area (TPSA) is 79.0 Å². The molecule has 3 aromatic carbocycles. The number of likely N-dealkylation sites (tertiary alicyclic amines) is 1. The van der Waals surface area contributed by atoms with Gasteiger partial charge in [-0.15, -0.1) is 0 Å². The second-order valence-corrected chi connectivity index (χ2v) is 11.7. The number of carbonyl (C=O) groups is 3. The highest BCUT2D eigenvalue weighted by molar-refractivity contribution is 6.30. The molecule has 3 aromatic rings. The Kier molecular flexibility index (Phi) is 9.95. The third-order valence-corrected chi connectivity index (χ3v) is 8.51. The van der Waals surface area contributed by atoms with E-state index in [4.69, 9.17) is 16.3 Å². The third kappa shape index (κ3) is 7.53. The molecule has 1 unspecified atom stereocenters. The van der Waals surface area contributed by atoms with Gasteiger partial charge in [0, 0.05) is 54.3 Å². The van der Waals surface area contributed by atoms with E-state index in [2.05, 4.69) is 34.5 Å². The van der Waals surface area contributed by atoms with Gasteiger partial charge in [0.1, 0.15) is 0 Å². The van der Waals surface area contributed by atoms with Crippen molar-refractivity contribution in [2.24, 2.45) is 0 Å². The van der Waals surface area contributed by atoms with Crippen molar-refractivity contribution in [3.8, 4) is 0 Å². The highest BCUT2D eigenvalue weighted by Gasteiger charge is 2.37. The highest BCUT2D eigenvalue weighted by Crippen LogP contribution is 2.38. The van der Waals surface area contributed by atoms with E-state index >= 15 is 0 Å². The second kappa shape index (κ2) is 14.0. The van der Waals surface area contributed by atoms with Gasteiger partial charge in [0.05, 0.1) is 18.7 Å². The summed E-state index contributed by atoms with van der Waals surface area (Å²) in [4.78, 5) is 43.8. The monoisotopic (exact) mass is 599 g/mol. The SMILES string of the molecule is CCOC(=O)C1=C(C)N(Cc2cccc(C(=O)NC3CCN(Cc4ccccc4)CC3)c2)C(=O)CC1c1cccc(Cl)c1. The number of amides is 2. The molecule has 2 aliphatic rings. The van der Waals surface area contributed by atoms with Crippen molar-refractivity contribution in [2.75, 3.05) is 19.7 Å². The summed E-state index contributed by atoms with van der Waals surface area (Å²) < 4.78 is 5.40. The number of hydrogen-bond acceptors (Lipinski definition) is 5. The van der Waals surface area contributed by atoms with E-state index < -0.39 is 11.9 Å². The molecule has 7 nitrogen and oxygen atoms in total. The first-order valence-electron chi connectivity index (χ1n) is 14.9. The predicted octanol–water partition coefficient (Wildman–Crippen LogP) is 6.09. The summed E-state index contributed by atoms with van der Waals surface area (Å²) in [6.45, 7) is 6.80. The lowest BCUT2D eigenvalue weighted by atomic mass is 9.83. The maximum atomic E-state index is 13.5. The number of nitrogens with one attached hydrogen (secondary N) is 1. The molecule has 0 aromatic heterocycles. The molecule has 2 aliphatic heterocycles. The van der Waals surface area contributed by atoms with Crippen molar-refractivity contribution in [1.82, 2.24) is 15.1 Å². The van der Waals surface area contributed by atoms with Gasteiger partial charge >= 0.3 is 5.97 Å². The maximum Gasteiger partial charge on any atom is 0.336 e. The van der Waals surface area contributed by atoms with E-state index in [1.54, 1.807) is 36.9 Å². The normalized spacial score (nSPS) is 18.1. The van der Waals surface area contributed by atoms with Crippen LogP contribution in [0.4, 0.5) is 0 Å². The molecule has 224 valence electrons. The Morgan fingerprint density at radius 3 is 2.37 bits per heavy atom. The number of carbonyl (C=O) groups excluding carboxylic acids is 3. The molecule has 5 rings (SSSR count). The Morgan fingerprint density at radius 1 is 0.930 bits per heavy atom. The number of esters is 1. The van der Waals surface area contributed by atoms with Gasteiger partial charge in [-0.25, -0.2) is 4.79 Å². The smallest absolute Gasteiger partial charge is 0.336 e. The third-order valence-electron chi connectivity index (χ3n) is 8.27. The Labute approximate surface area is 258 Å². The van der Waals surface area contributed by atoms with Crippen molar-refractivity contribution in [2.45, 2.75) is 58.2 Å². The van der Waals surface area contributed by atoms with Gasteiger partial charge in [-0.3, -0.25) is 14.5 Å². The lowest BCUT2D eigenvalue weighted by Gasteiger charge is -2.34. The summed E-state index contributed by atoms with van der Waals surface area (Å²) in [6, 6.07) is 25.2. The number of benzene rings is 3. The van der Waals surface area contributed by atoms with Gasteiger partial charge in [-0.2, -0.15) is 0 Å². The fourth-order valence-electron chi connectivity index (χ4n) is 6.02. The van der Waals surface area contributed by atoms with Crippen LogP contribution >= 0.6 is 11.6 Å². The average Bonchev–Trinajstić information content (AvgIpc) is 3.00. The zero-order chi connectivity index (χ0) is 30.3. The molecule has 0 bridgehead atoms. The van der Waals surface area contributed by atoms with Crippen molar-refractivity contribution in [3.05, 3.63) is 117 Å². The van der Waals surface area contributed by atoms with Crippen LogP contribution in [0.15, 0.2) is 90.1 Å². The standard InChI is InChI=1S/C35H38ClN3O4/c1-3-43-35(42)33-24(2)39(32(40)21-31(33)27-12-8-14-29(36)20-27)23-26-11-7-13-28(19-26)34(41)37-30-15-17-38(18-16-30)22-25-9-5-4-6-10-25/h4-14,19-20,30-31H,3,15-18,21-23H2,1-2H3,(H,37,41). The Hall–Kier alpha value is -3.94. The summed E-state index contributed by atoms with van der Waals surface area (Å²) >= 11 is 6.24. The summed E-state index contributed by atoms with van der Waals surface area (Å²) in [5.74, 6) is -1.11. The van der Waals surface area contributed by atoms with Gasteiger partial charge in [0.25, 0.3) is 5.91 Å². The fourth-order valence-corrected chi connectivity index (χ4v) is 6.22. The number of rotatable bonds is 9. The molecular formula is C35H38ClN3O4. The van der Waals surface area contributed by atoms with Crippen molar-refractivity contribution >= 4 is 29.4 Å². The van der Waals surface area contributed by atoms with Gasteiger partial charge in [0.2, 0.25) is 5.91 Å². The van der Waals surface area contributed by atoms with Crippen LogP contribution in [0.2, 0.25) is 5.02 Å². The van der Waals surface area contributed by atoms with Crippen molar-refractivity contribution < 1.29 is 19.1 Å². The number of nitrogens with zero attached hydrogens (tertiary/aromatic N) is 2. The van der Waals surface area contributed by atoms with Gasteiger partial charge in [-0.05, 0) is 67.6 Å². The first-order valence-corrected chi connectivity index (χ1v) is 15.3. The molecule has 1 fully saturated rings. The van der Waals surface area contributed by atoms with Crippen LogP contribution in [-0.4, -0.2) is 53.3 Å². The minimum Gasteiger partial charge on any atom is -0.463 e. The number of piperidine rings is 1. The van der Waals surface area contributed by atoms with Crippen molar-refractivity contribution in [1.29, 1.82) is 0 Å². The van der Waals surface area contributed by atoms with Crippen molar-refractivity contribution in [3.63, 3.8) is 0 Å². The van der Waals surface area contributed by atoms with E-state index in [1.807, 2.05) is 36.4 Å². The number of hydrogen-bond donors (Lipinski definition) is 1. The molecular weight excluding hydrogens is 562 g/mol. The molecule has 1 saturated heterocycles. The van der Waals surface area contributed by atoms with Gasteiger partial charge in [0.15, 0.2) is 0 Å². The van der Waals surface area contributed by atoms with Crippen LogP contribution in [0.5, 0.6) is 0 Å². The number of allylic oxidation sites excluding steroid dienone is 1.